The second-order valence-corrected chi connectivity index (χ2v) is 14.9. The van der Waals surface area contributed by atoms with Crippen LogP contribution in [-0.2, 0) is 20.3 Å². The minimum absolute atomic E-state index is 0.0162. The van der Waals surface area contributed by atoms with Crippen LogP contribution in [0.5, 0.6) is 11.5 Å². The maximum atomic E-state index is 14.8. The molecule has 0 aliphatic carbocycles. The average molecular weight is 575 g/mol. The van der Waals surface area contributed by atoms with Crippen LogP contribution in [0.2, 0.25) is 0 Å². The van der Waals surface area contributed by atoms with Gasteiger partial charge in [0.15, 0.2) is 17.4 Å². The van der Waals surface area contributed by atoms with E-state index < -0.39 is 33.2 Å². The SMILES string of the molecule is CC(C)(C)OC(=O)N=[SH](C)(C)Cc1cc2cc(c1)OCCCCCOc1cc(ccc1F)-c1nc(ncc1F)N2. The number of fused-ring (bicyclic) bond motifs is 7. The number of anilines is 2. The van der Waals surface area contributed by atoms with Crippen LogP contribution < -0.4 is 14.8 Å². The number of nitrogens with one attached hydrogen (secondary N) is 1. The lowest BCUT2D eigenvalue weighted by molar-refractivity contribution is 0.0608. The molecule has 2 heterocycles. The van der Waals surface area contributed by atoms with E-state index in [2.05, 4.69) is 19.6 Å². The Morgan fingerprint density at radius 1 is 1.05 bits per heavy atom. The molecule has 0 atom stereocenters. The quantitative estimate of drug-likeness (QED) is 0.323. The average Bonchev–Trinajstić information content (AvgIpc) is 2.83. The molecule has 0 radical (unpaired) electrons. The van der Waals surface area contributed by atoms with Gasteiger partial charge in [0, 0.05) is 23.1 Å². The second kappa shape index (κ2) is 12.3. The van der Waals surface area contributed by atoms with Gasteiger partial charge in [-0.25, -0.2) is 23.5 Å². The number of amides is 1. The molecule has 40 heavy (non-hydrogen) atoms. The van der Waals surface area contributed by atoms with Crippen LogP contribution in [0.4, 0.5) is 25.2 Å². The molecule has 0 saturated carbocycles. The van der Waals surface area contributed by atoms with Crippen LogP contribution in [0.15, 0.2) is 47.0 Å². The molecule has 1 aromatic heterocycles. The lowest BCUT2D eigenvalue weighted by Gasteiger charge is -2.22. The van der Waals surface area contributed by atoms with Gasteiger partial charge in [-0.2, -0.15) is 14.2 Å². The van der Waals surface area contributed by atoms with Crippen molar-refractivity contribution >= 4 is 27.6 Å². The third-order valence-corrected chi connectivity index (χ3v) is 7.65. The molecule has 8 nitrogen and oxygen atoms in total. The van der Waals surface area contributed by atoms with Crippen LogP contribution in [0.1, 0.15) is 45.6 Å². The molecule has 0 spiro atoms. The first kappa shape index (κ1) is 29.4. The van der Waals surface area contributed by atoms with Crippen molar-refractivity contribution in [1.29, 1.82) is 0 Å². The van der Waals surface area contributed by atoms with E-state index in [0.717, 1.165) is 24.6 Å². The highest BCUT2D eigenvalue weighted by molar-refractivity contribution is 8.03. The first-order chi connectivity index (χ1) is 18.9. The molecule has 216 valence electrons. The molecule has 1 aliphatic rings. The summed E-state index contributed by atoms with van der Waals surface area (Å²) in [6, 6.07) is 9.81. The maximum Gasteiger partial charge on any atom is 0.438 e. The normalized spacial score (nSPS) is 14.6. The number of carbonyl (C=O) groups excluding carboxylic acids is 1. The lowest BCUT2D eigenvalue weighted by Crippen LogP contribution is -2.23. The molecule has 3 aromatic rings. The highest BCUT2D eigenvalue weighted by Crippen LogP contribution is 2.30. The zero-order chi connectivity index (χ0) is 28.9. The van der Waals surface area contributed by atoms with Gasteiger partial charge in [0.05, 0.1) is 19.4 Å². The van der Waals surface area contributed by atoms with Crippen LogP contribution in [0.3, 0.4) is 0 Å². The number of nitrogens with zero attached hydrogens (tertiary/aromatic N) is 3. The van der Waals surface area contributed by atoms with Crippen molar-refractivity contribution in [3.63, 3.8) is 0 Å². The van der Waals surface area contributed by atoms with Crippen LogP contribution in [-0.4, -0.2) is 47.4 Å². The van der Waals surface area contributed by atoms with Crippen molar-refractivity contribution < 1.29 is 27.8 Å². The number of aromatic nitrogens is 2. The van der Waals surface area contributed by atoms with E-state index >= 15 is 0 Å². The molecule has 1 aliphatic heterocycles. The van der Waals surface area contributed by atoms with Gasteiger partial charge in [0.1, 0.15) is 17.0 Å². The summed E-state index contributed by atoms with van der Waals surface area (Å²) in [5.41, 5.74) is 1.30. The Bertz CT molecular complexity index is 1440. The van der Waals surface area contributed by atoms with Crippen LogP contribution >= 0.6 is 0 Å². The zero-order valence-corrected chi connectivity index (χ0v) is 24.4. The number of carbonyl (C=O) groups is 1. The Morgan fingerprint density at radius 2 is 1.80 bits per heavy atom. The van der Waals surface area contributed by atoms with Crippen molar-refractivity contribution in [2.45, 2.75) is 51.4 Å². The third kappa shape index (κ3) is 8.45. The van der Waals surface area contributed by atoms with Crippen molar-refractivity contribution in [1.82, 2.24) is 9.97 Å². The summed E-state index contributed by atoms with van der Waals surface area (Å²) in [7, 11) is -2.08. The van der Waals surface area contributed by atoms with E-state index in [-0.39, 0.29) is 17.4 Å². The summed E-state index contributed by atoms with van der Waals surface area (Å²) < 4.78 is 50.6. The highest BCUT2D eigenvalue weighted by atomic mass is 32.2. The number of benzene rings is 2. The molecular formula is C29H36F2N4O4S. The topological polar surface area (TPSA) is 94.9 Å². The fourth-order valence-electron chi connectivity index (χ4n) is 4.17. The first-order valence-electron chi connectivity index (χ1n) is 13.2. The van der Waals surface area contributed by atoms with E-state index in [9.17, 15) is 13.6 Å². The monoisotopic (exact) mass is 574 g/mol. The van der Waals surface area contributed by atoms with Crippen molar-refractivity contribution in [3.8, 4) is 22.8 Å². The molecule has 11 heteroatoms. The standard InChI is InChI=1S/C29H36F2N4O4S/c1-29(2,3)39-28(36)35-40(4,5)18-19-13-21-16-22(14-19)37-11-7-6-8-12-38-25-15-20(9-10-23(25)30)26-24(31)17-32-27(33-21)34-26/h9-10,13-17,40H,6-8,11-12,18H2,1-5H3,(H,32,33,34). The van der Waals surface area contributed by atoms with Gasteiger partial charge in [0.2, 0.25) is 5.95 Å². The van der Waals surface area contributed by atoms with Gasteiger partial charge in [-0.1, -0.05) is 0 Å². The largest absolute Gasteiger partial charge is 0.494 e. The first-order valence-corrected chi connectivity index (χ1v) is 16.0. The van der Waals surface area contributed by atoms with E-state index in [0.29, 0.717) is 42.4 Å². The van der Waals surface area contributed by atoms with E-state index in [4.69, 9.17) is 14.2 Å². The third-order valence-electron chi connectivity index (χ3n) is 5.80. The van der Waals surface area contributed by atoms with Gasteiger partial charge < -0.3 is 19.5 Å². The summed E-state index contributed by atoms with van der Waals surface area (Å²) >= 11 is 0. The summed E-state index contributed by atoms with van der Waals surface area (Å²) in [5, 5.41) is 3.14. The molecule has 6 bridgehead atoms. The molecule has 2 aromatic carbocycles. The second-order valence-electron chi connectivity index (χ2n) is 11.1. The molecule has 1 amide bonds. The van der Waals surface area contributed by atoms with Crippen molar-refractivity contribution in [2.75, 3.05) is 31.0 Å². The molecule has 0 saturated heterocycles. The number of halogens is 2. The van der Waals surface area contributed by atoms with Crippen molar-refractivity contribution in [2.24, 2.45) is 4.36 Å². The van der Waals surface area contributed by atoms with Gasteiger partial charge in [-0.3, -0.25) is 0 Å². The number of ether oxygens (including phenoxy) is 3. The van der Waals surface area contributed by atoms with Gasteiger partial charge in [0.25, 0.3) is 0 Å². The van der Waals surface area contributed by atoms with Crippen molar-refractivity contribution in [3.05, 3.63) is 59.8 Å². The lowest BCUT2D eigenvalue weighted by atomic mass is 10.1. The molecule has 0 fully saturated rings. The molecule has 0 unspecified atom stereocenters. The number of thiol groups is 1. The smallest absolute Gasteiger partial charge is 0.438 e. The number of hydrogen-bond donors (Lipinski definition) is 2. The summed E-state index contributed by atoms with van der Waals surface area (Å²) in [4.78, 5) is 20.9. The number of hydrogen-bond acceptors (Lipinski definition) is 7. The fourth-order valence-corrected chi connectivity index (χ4v) is 5.80. The predicted molar refractivity (Wildman–Crippen MR) is 155 cm³/mol. The summed E-state index contributed by atoms with van der Waals surface area (Å²) in [5.74, 6) is 0.199. The Morgan fingerprint density at radius 3 is 2.55 bits per heavy atom. The molecule has 4 rings (SSSR count). The summed E-state index contributed by atoms with van der Waals surface area (Å²) in [6.45, 7) is 6.21. The molecular weight excluding hydrogens is 538 g/mol. The Labute approximate surface area is 234 Å². The van der Waals surface area contributed by atoms with E-state index in [1.54, 1.807) is 20.8 Å². The Kier molecular flexibility index (Phi) is 9.02. The van der Waals surface area contributed by atoms with Crippen LogP contribution in [0, 0.1) is 11.6 Å². The minimum Gasteiger partial charge on any atom is -0.494 e. The highest BCUT2D eigenvalue weighted by Gasteiger charge is 2.18. The van der Waals surface area contributed by atoms with Gasteiger partial charge in [-0.05, 0) is 88.4 Å². The predicted octanol–water partition coefficient (Wildman–Crippen LogP) is 6.87. The Balaban J connectivity index is 1.69. The van der Waals surface area contributed by atoms with Gasteiger partial charge in [-0.15, -0.1) is 0 Å². The van der Waals surface area contributed by atoms with Crippen LogP contribution in [0.25, 0.3) is 11.3 Å². The zero-order valence-electron chi connectivity index (χ0n) is 23.5. The minimum atomic E-state index is -2.08. The Hall–Kier alpha value is -3.60. The number of rotatable bonds is 2. The fraction of sp³-hybridized carbons (Fsp3) is 0.414. The molecule has 1 N–H and O–H groups in total. The van der Waals surface area contributed by atoms with E-state index in [1.807, 2.05) is 30.7 Å². The van der Waals surface area contributed by atoms with Gasteiger partial charge >= 0.3 is 6.09 Å². The van der Waals surface area contributed by atoms with E-state index in [1.165, 1.54) is 18.2 Å². The summed E-state index contributed by atoms with van der Waals surface area (Å²) in [6.07, 6.45) is 6.73. The maximum absolute atomic E-state index is 14.8.